The molecule has 0 fully saturated rings. The fourth-order valence-electron chi connectivity index (χ4n) is 0.432. The molecule has 0 rings (SSSR count). The molecule has 0 aliphatic carbocycles. The molecule has 2 nitrogen and oxygen atoms in total. The van der Waals surface area contributed by atoms with Crippen LogP contribution in [-0.2, 0) is 0 Å². The van der Waals surface area contributed by atoms with Crippen LogP contribution < -0.4 is 5.32 Å². The fraction of sp³-hybridized carbons (Fsp3) is 0.714. The van der Waals surface area contributed by atoms with Crippen molar-refractivity contribution in [3.63, 3.8) is 0 Å². The summed E-state index contributed by atoms with van der Waals surface area (Å²) < 4.78 is 0. The number of rotatable bonds is 3. The van der Waals surface area contributed by atoms with Crippen molar-refractivity contribution in [1.29, 1.82) is 0 Å². The minimum absolute atomic E-state index is 0.274. The van der Waals surface area contributed by atoms with Crippen molar-refractivity contribution >= 4 is 0 Å². The maximum Gasteiger partial charge on any atom is 0.0636 e. The smallest absolute Gasteiger partial charge is 0.0636 e. The first kappa shape index (κ1) is 8.48. The zero-order valence-electron chi connectivity index (χ0n) is 5.94. The van der Waals surface area contributed by atoms with E-state index in [-0.39, 0.29) is 6.10 Å². The predicted molar refractivity (Wildman–Crippen MR) is 38.0 cm³/mol. The number of nitrogens with one attached hydrogen (secondary N) is 1. The summed E-state index contributed by atoms with van der Waals surface area (Å²) in [7, 11) is 0. The second kappa shape index (κ2) is 5.61. The Balaban J connectivity index is 2.98. The van der Waals surface area contributed by atoms with Gasteiger partial charge in [-0.3, -0.25) is 0 Å². The van der Waals surface area contributed by atoms with Crippen LogP contribution >= 0.6 is 0 Å². The lowest BCUT2D eigenvalue weighted by Crippen LogP contribution is -2.24. The largest absolute Gasteiger partial charge is 0.392 e. The summed E-state index contributed by atoms with van der Waals surface area (Å²) in [6, 6.07) is 0. The quantitative estimate of drug-likeness (QED) is 0.412. The molecule has 0 spiro atoms. The minimum atomic E-state index is -0.274. The van der Waals surface area contributed by atoms with E-state index < -0.39 is 0 Å². The SMILES string of the molecule is CC#CCNC[C@@H](C)O. The highest BCUT2D eigenvalue weighted by Crippen LogP contribution is 1.72. The number of hydrogen-bond acceptors (Lipinski definition) is 2. The highest BCUT2D eigenvalue weighted by atomic mass is 16.3. The van der Waals surface area contributed by atoms with Crippen LogP contribution in [0.5, 0.6) is 0 Å². The monoisotopic (exact) mass is 127 g/mol. The molecule has 0 bridgehead atoms. The lowest BCUT2D eigenvalue weighted by atomic mass is 10.4. The average Bonchev–Trinajstić information content (AvgIpc) is 1.80. The van der Waals surface area contributed by atoms with Crippen LogP contribution in [0.15, 0.2) is 0 Å². The summed E-state index contributed by atoms with van der Waals surface area (Å²) in [5, 5.41) is 11.7. The predicted octanol–water partition coefficient (Wildman–Crippen LogP) is -0.0199. The van der Waals surface area contributed by atoms with Crippen molar-refractivity contribution in [2.45, 2.75) is 20.0 Å². The maximum absolute atomic E-state index is 8.74. The van der Waals surface area contributed by atoms with Gasteiger partial charge in [-0.05, 0) is 13.8 Å². The van der Waals surface area contributed by atoms with Gasteiger partial charge in [0.1, 0.15) is 0 Å². The topological polar surface area (TPSA) is 32.3 Å². The highest BCUT2D eigenvalue weighted by Gasteiger charge is 1.89. The third-order valence-corrected chi connectivity index (χ3v) is 0.830. The standard InChI is InChI=1S/C7H13NO/c1-3-4-5-8-6-7(2)9/h7-9H,5-6H2,1-2H3/t7-/m1/s1. The van der Waals surface area contributed by atoms with E-state index in [1.165, 1.54) is 0 Å². The second-order valence-electron chi connectivity index (χ2n) is 1.91. The molecule has 0 aliphatic rings. The first-order chi connectivity index (χ1) is 4.27. The van der Waals surface area contributed by atoms with Gasteiger partial charge in [-0.1, -0.05) is 5.92 Å². The lowest BCUT2D eigenvalue weighted by Gasteiger charge is -2.01. The fourth-order valence-corrected chi connectivity index (χ4v) is 0.432. The van der Waals surface area contributed by atoms with Crippen LogP contribution in [0.3, 0.4) is 0 Å². The van der Waals surface area contributed by atoms with Crippen molar-refractivity contribution in [2.75, 3.05) is 13.1 Å². The molecule has 0 unspecified atom stereocenters. The molecule has 2 heteroatoms. The molecule has 0 aromatic heterocycles. The molecule has 0 aliphatic heterocycles. The number of hydrogen-bond donors (Lipinski definition) is 2. The zero-order valence-corrected chi connectivity index (χ0v) is 5.94. The summed E-state index contributed by atoms with van der Waals surface area (Å²) in [6.07, 6.45) is -0.274. The summed E-state index contributed by atoms with van der Waals surface area (Å²) in [6.45, 7) is 4.83. The Morgan fingerprint density at radius 3 is 2.78 bits per heavy atom. The van der Waals surface area contributed by atoms with Crippen molar-refractivity contribution in [3.8, 4) is 11.8 Å². The molecule has 0 heterocycles. The van der Waals surface area contributed by atoms with Gasteiger partial charge in [0.05, 0.1) is 12.6 Å². The molecular weight excluding hydrogens is 114 g/mol. The highest BCUT2D eigenvalue weighted by molar-refractivity contribution is 4.96. The van der Waals surface area contributed by atoms with Crippen molar-refractivity contribution in [1.82, 2.24) is 5.32 Å². The van der Waals surface area contributed by atoms with E-state index in [1.54, 1.807) is 13.8 Å². The summed E-state index contributed by atoms with van der Waals surface area (Å²) in [5.41, 5.74) is 0. The van der Waals surface area contributed by atoms with Crippen LogP contribution in [0.2, 0.25) is 0 Å². The zero-order chi connectivity index (χ0) is 7.11. The Morgan fingerprint density at radius 2 is 2.33 bits per heavy atom. The normalized spacial score (nSPS) is 11.9. The average molecular weight is 127 g/mol. The van der Waals surface area contributed by atoms with E-state index >= 15 is 0 Å². The summed E-state index contributed by atoms with van der Waals surface area (Å²) in [5.74, 6) is 5.58. The number of aliphatic hydroxyl groups is 1. The molecule has 1 atom stereocenters. The maximum atomic E-state index is 8.74. The molecule has 0 amide bonds. The third kappa shape index (κ3) is 7.48. The molecule has 9 heavy (non-hydrogen) atoms. The van der Waals surface area contributed by atoms with Crippen LogP contribution in [0.4, 0.5) is 0 Å². The van der Waals surface area contributed by atoms with Gasteiger partial charge >= 0.3 is 0 Å². The van der Waals surface area contributed by atoms with E-state index in [1.807, 2.05) is 0 Å². The Labute approximate surface area is 56.3 Å². The van der Waals surface area contributed by atoms with E-state index in [4.69, 9.17) is 5.11 Å². The third-order valence-electron chi connectivity index (χ3n) is 0.830. The molecule has 0 aromatic rings. The van der Waals surface area contributed by atoms with Gasteiger partial charge in [-0.2, -0.15) is 0 Å². The van der Waals surface area contributed by atoms with E-state index in [0.717, 1.165) is 0 Å². The van der Waals surface area contributed by atoms with Gasteiger partial charge in [-0.15, -0.1) is 5.92 Å². The summed E-state index contributed by atoms with van der Waals surface area (Å²) >= 11 is 0. The molecular formula is C7H13NO. The Bertz CT molecular complexity index is 110. The Morgan fingerprint density at radius 1 is 1.67 bits per heavy atom. The van der Waals surface area contributed by atoms with E-state index in [0.29, 0.717) is 13.1 Å². The molecule has 0 saturated heterocycles. The van der Waals surface area contributed by atoms with Crippen molar-refractivity contribution in [2.24, 2.45) is 0 Å². The van der Waals surface area contributed by atoms with Gasteiger partial charge in [0.15, 0.2) is 0 Å². The van der Waals surface area contributed by atoms with Crippen molar-refractivity contribution < 1.29 is 5.11 Å². The molecule has 0 saturated carbocycles. The first-order valence-electron chi connectivity index (χ1n) is 3.05. The summed E-state index contributed by atoms with van der Waals surface area (Å²) in [4.78, 5) is 0. The first-order valence-corrected chi connectivity index (χ1v) is 3.05. The second-order valence-corrected chi connectivity index (χ2v) is 1.91. The molecule has 0 aromatic carbocycles. The van der Waals surface area contributed by atoms with Crippen LogP contribution in [-0.4, -0.2) is 24.3 Å². The number of aliphatic hydroxyl groups excluding tert-OH is 1. The molecule has 2 N–H and O–H groups in total. The van der Waals surface area contributed by atoms with Crippen LogP contribution in [0.25, 0.3) is 0 Å². The van der Waals surface area contributed by atoms with E-state index in [9.17, 15) is 0 Å². The van der Waals surface area contributed by atoms with E-state index in [2.05, 4.69) is 17.2 Å². The lowest BCUT2D eigenvalue weighted by molar-refractivity contribution is 0.193. The minimum Gasteiger partial charge on any atom is -0.392 e. The van der Waals surface area contributed by atoms with Gasteiger partial charge in [0, 0.05) is 6.54 Å². The Kier molecular flexibility index (Phi) is 5.29. The Hall–Kier alpha value is -0.520. The molecule has 0 radical (unpaired) electrons. The molecule has 52 valence electrons. The van der Waals surface area contributed by atoms with Crippen LogP contribution in [0.1, 0.15) is 13.8 Å². The van der Waals surface area contributed by atoms with Gasteiger partial charge in [0.2, 0.25) is 0 Å². The van der Waals surface area contributed by atoms with Gasteiger partial charge < -0.3 is 10.4 Å². The van der Waals surface area contributed by atoms with Gasteiger partial charge in [0.25, 0.3) is 0 Å². The van der Waals surface area contributed by atoms with Crippen molar-refractivity contribution in [3.05, 3.63) is 0 Å². The van der Waals surface area contributed by atoms with Gasteiger partial charge in [-0.25, -0.2) is 0 Å². The van der Waals surface area contributed by atoms with Crippen LogP contribution in [0, 0.1) is 11.8 Å².